The van der Waals surface area contributed by atoms with Crippen LogP contribution in [0.5, 0.6) is 5.75 Å². The molecule has 1 aliphatic rings. The van der Waals surface area contributed by atoms with Gasteiger partial charge in [-0.15, -0.1) is 0 Å². The van der Waals surface area contributed by atoms with E-state index in [0.717, 1.165) is 0 Å². The van der Waals surface area contributed by atoms with Crippen molar-refractivity contribution < 1.29 is 38.6 Å². The molecule has 1 heterocycles. The molecule has 5 amide bonds. The molecule has 2 rings (SSSR count). The van der Waals surface area contributed by atoms with Crippen molar-refractivity contribution in [3.8, 4) is 5.75 Å². The molecule has 0 saturated heterocycles. The van der Waals surface area contributed by atoms with E-state index in [0.29, 0.717) is 0 Å². The molecule has 0 bridgehead atoms. The van der Waals surface area contributed by atoms with Crippen LogP contribution in [-0.2, 0) is 24.0 Å². The molecule has 0 aliphatic carbocycles. The predicted octanol–water partition coefficient (Wildman–Crippen LogP) is -0.952. The van der Waals surface area contributed by atoms with Gasteiger partial charge in [-0.25, -0.2) is 4.79 Å². The summed E-state index contributed by atoms with van der Waals surface area (Å²) in [5.74, 6) is -5.29. The van der Waals surface area contributed by atoms with E-state index in [2.05, 4.69) is 21.3 Å². The largest absolute Gasteiger partial charge is 0.491 e. The third-order valence-electron chi connectivity index (χ3n) is 5.58. The average Bonchev–Trinajstić information content (AvgIpc) is 2.82. The number of hydrogen-bond acceptors (Lipinski definition) is 7. The van der Waals surface area contributed by atoms with Gasteiger partial charge in [0.1, 0.15) is 30.5 Å². The highest BCUT2D eigenvalue weighted by atomic mass is 16.5. The quantitative estimate of drug-likeness (QED) is 0.285. The van der Waals surface area contributed by atoms with E-state index >= 15 is 0 Å². The number of ether oxygens (including phenoxy) is 1. The van der Waals surface area contributed by atoms with Gasteiger partial charge in [0, 0.05) is 6.42 Å². The number of carbonyl (C=O) groups excluding carboxylic acids is 5. The van der Waals surface area contributed by atoms with E-state index < -0.39 is 66.1 Å². The van der Waals surface area contributed by atoms with Crippen LogP contribution in [0.3, 0.4) is 0 Å². The van der Waals surface area contributed by atoms with Crippen molar-refractivity contribution in [3.63, 3.8) is 0 Å². The third-order valence-corrected chi connectivity index (χ3v) is 5.58. The number of para-hydroxylation sites is 1. The van der Waals surface area contributed by atoms with Crippen LogP contribution < -0.4 is 31.7 Å². The minimum Gasteiger partial charge on any atom is -0.491 e. The van der Waals surface area contributed by atoms with Gasteiger partial charge in [0.05, 0.1) is 18.0 Å². The third kappa shape index (κ3) is 8.78. The zero-order valence-electron chi connectivity index (χ0n) is 20.9. The Morgan fingerprint density at radius 1 is 1.05 bits per heavy atom. The fourth-order valence-electron chi connectivity index (χ4n) is 3.59. The molecule has 0 saturated carbocycles. The second-order valence-electron chi connectivity index (χ2n) is 9.14. The summed E-state index contributed by atoms with van der Waals surface area (Å²) in [7, 11) is 0. The van der Waals surface area contributed by atoms with Gasteiger partial charge >= 0.3 is 5.97 Å². The maximum atomic E-state index is 13.0. The number of hydrogen-bond donors (Lipinski definition) is 6. The summed E-state index contributed by atoms with van der Waals surface area (Å²) in [5.41, 5.74) is 5.23. The summed E-state index contributed by atoms with van der Waals surface area (Å²) in [6, 6.07) is 1.70. The highest BCUT2D eigenvalue weighted by Gasteiger charge is 2.32. The Labute approximate surface area is 213 Å². The lowest BCUT2D eigenvalue weighted by atomic mass is 10.0. The van der Waals surface area contributed by atoms with Gasteiger partial charge in [-0.05, 0) is 31.4 Å². The molecule has 13 nitrogen and oxygen atoms in total. The van der Waals surface area contributed by atoms with Crippen molar-refractivity contribution >= 4 is 35.5 Å². The smallest absolute Gasteiger partial charge is 0.326 e. The highest BCUT2D eigenvalue weighted by Crippen LogP contribution is 2.19. The van der Waals surface area contributed by atoms with Crippen LogP contribution in [-0.4, -0.2) is 71.4 Å². The number of aliphatic carboxylic acids is 1. The van der Waals surface area contributed by atoms with Crippen LogP contribution in [0.25, 0.3) is 0 Å². The van der Waals surface area contributed by atoms with Crippen LogP contribution in [0.1, 0.15) is 50.4 Å². The predicted molar refractivity (Wildman–Crippen MR) is 130 cm³/mol. The number of amides is 5. The molecule has 0 aromatic heterocycles. The lowest BCUT2D eigenvalue weighted by molar-refractivity contribution is -0.141. The molecule has 0 spiro atoms. The minimum atomic E-state index is -1.62. The van der Waals surface area contributed by atoms with Crippen LogP contribution in [0.2, 0.25) is 0 Å². The van der Waals surface area contributed by atoms with Crippen molar-refractivity contribution in [1.82, 2.24) is 21.3 Å². The second kappa shape index (κ2) is 13.2. The number of primary amides is 1. The summed E-state index contributed by atoms with van der Waals surface area (Å²) in [4.78, 5) is 74.6. The first-order valence-corrected chi connectivity index (χ1v) is 11.8. The molecule has 0 radical (unpaired) electrons. The van der Waals surface area contributed by atoms with Gasteiger partial charge in [-0.3, -0.25) is 24.0 Å². The van der Waals surface area contributed by atoms with Crippen molar-refractivity contribution in [2.75, 3.05) is 6.61 Å². The Morgan fingerprint density at radius 2 is 1.73 bits per heavy atom. The van der Waals surface area contributed by atoms with Crippen molar-refractivity contribution in [2.24, 2.45) is 11.7 Å². The molecule has 1 aliphatic heterocycles. The first-order chi connectivity index (χ1) is 17.4. The number of fused-ring (bicyclic) bond motifs is 1. The van der Waals surface area contributed by atoms with E-state index in [-0.39, 0.29) is 36.7 Å². The minimum absolute atomic E-state index is 0.0293. The zero-order valence-corrected chi connectivity index (χ0v) is 20.9. The maximum Gasteiger partial charge on any atom is 0.326 e. The Kier molecular flexibility index (Phi) is 10.4. The monoisotopic (exact) mass is 519 g/mol. The average molecular weight is 520 g/mol. The Hall–Kier alpha value is -4.16. The van der Waals surface area contributed by atoms with Gasteiger partial charge in [-0.2, -0.15) is 0 Å². The summed E-state index contributed by atoms with van der Waals surface area (Å²) in [6.45, 7) is 5.08. The number of nitrogens with one attached hydrogen (secondary N) is 4. The van der Waals surface area contributed by atoms with E-state index in [1.165, 1.54) is 12.1 Å². The van der Waals surface area contributed by atoms with Crippen LogP contribution in [0.15, 0.2) is 24.3 Å². The van der Waals surface area contributed by atoms with Crippen LogP contribution in [0.4, 0.5) is 0 Å². The molecule has 13 heteroatoms. The summed E-state index contributed by atoms with van der Waals surface area (Å²) in [5, 5.41) is 19.6. The maximum absolute atomic E-state index is 13.0. The van der Waals surface area contributed by atoms with Gasteiger partial charge < -0.3 is 36.8 Å². The van der Waals surface area contributed by atoms with E-state index in [9.17, 15) is 33.9 Å². The van der Waals surface area contributed by atoms with Crippen LogP contribution >= 0.6 is 0 Å². The molecular weight excluding hydrogens is 486 g/mol. The first-order valence-electron chi connectivity index (χ1n) is 11.8. The van der Waals surface area contributed by atoms with Gasteiger partial charge in [0.15, 0.2) is 0 Å². The molecular formula is C24H33N5O8. The fraction of sp³-hybridized carbons (Fsp3) is 0.500. The van der Waals surface area contributed by atoms with Crippen LogP contribution in [0, 0.1) is 5.92 Å². The molecule has 7 N–H and O–H groups in total. The van der Waals surface area contributed by atoms with Gasteiger partial charge in [0.25, 0.3) is 5.91 Å². The second-order valence-corrected chi connectivity index (χ2v) is 9.14. The van der Waals surface area contributed by atoms with E-state index in [1.54, 1.807) is 32.9 Å². The normalized spacial score (nSPS) is 23.9. The molecule has 202 valence electrons. The number of carboxylic acid groups (broad SMARTS) is 1. The van der Waals surface area contributed by atoms with E-state index in [4.69, 9.17) is 10.5 Å². The molecule has 37 heavy (non-hydrogen) atoms. The Morgan fingerprint density at radius 3 is 2.35 bits per heavy atom. The summed E-state index contributed by atoms with van der Waals surface area (Å²) in [6.07, 6.45) is -1.13. The topological polar surface area (TPSA) is 206 Å². The van der Waals surface area contributed by atoms with Gasteiger partial charge in [0.2, 0.25) is 23.6 Å². The lowest BCUT2D eigenvalue weighted by Gasteiger charge is -2.26. The number of nitrogens with two attached hydrogens (primary N) is 1. The van der Waals surface area contributed by atoms with Crippen molar-refractivity contribution in [3.05, 3.63) is 29.8 Å². The number of rotatable bonds is 5. The standard InChI is InChI=1S/C24H33N5O8/c1-12(2)20-23(34)26-13(3)11-37-17-7-5-4-6-14(17)21(32)28-16(24(35)36)10-19(31)27-15(22(33)29-20)8-9-18(25)30/h4-7,12-13,15-16,20H,8-11H2,1-3H3,(H2,25,30)(H,26,34)(H,27,31)(H,28,32)(H,29,33)(H,35,36)/t13-,15-,16-,20+/m0/s1. The van der Waals surface area contributed by atoms with Crippen molar-refractivity contribution in [1.29, 1.82) is 0 Å². The number of carboxylic acids is 1. The Balaban J connectivity index is 2.43. The lowest BCUT2D eigenvalue weighted by Crippen LogP contribution is -2.57. The molecule has 0 fully saturated rings. The zero-order chi connectivity index (χ0) is 27.7. The first kappa shape index (κ1) is 29.1. The summed E-state index contributed by atoms with van der Waals surface area (Å²) >= 11 is 0. The fourth-order valence-corrected chi connectivity index (χ4v) is 3.59. The van der Waals surface area contributed by atoms with Crippen molar-refractivity contribution in [2.45, 2.75) is 64.2 Å². The van der Waals surface area contributed by atoms with Gasteiger partial charge in [-0.1, -0.05) is 26.0 Å². The molecule has 0 unspecified atom stereocenters. The molecule has 1 aromatic carbocycles. The summed E-state index contributed by atoms with van der Waals surface area (Å²) < 4.78 is 5.72. The number of carbonyl (C=O) groups is 6. The SMILES string of the molecule is CC(C)[C@H]1NC(=O)[C@H](CCC(N)=O)NC(=O)C[C@@H](C(=O)O)NC(=O)c2ccccc2OC[C@H](C)NC1=O. The highest BCUT2D eigenvalue weighted by molar-refractivity contribution is 6.00. The van der Waals surface area contributed by atoms with E-state index in [1.807, 2.05) is 0 Å². The number of benzene rings is 1. The Bertz CT molecular complexity index is 1040. The molecule has 4 atom stereocenters. The molecule has 1 aromatic rings.